The van der Waals surface area contributed by atoms with Crippen LogP contribution in [0.3, 0.4) is 0 Å². The topological polar surface area (TPSA) is 65.0 Å². The van der Waals surface area contributed by atoms with Crippen molar-refractivity contribution >= 4 is 41.3 Å². The van der Waals surface area contributed by atoms with Gasteiger partial charge in [-0.2, -0.15) is 0 Å². The third-order valence-corrected chi connectivity index (χ3v) is 7.70. The fourth-order valence-corrected chi connectivity index (χ4v) is 6.04. The van der Waals surface area contributed by atoms with E-state index in [-0.39, 0.29) is 19.8 Å². The van der Waals surface area contributed by atoms with Gasteiger partial charge in [-0.3, -0.25) is 0 Å². The molecule has 0 saturated carbocycles. The van der Waals surface area contributed by atoms with Crippen LogP contribution in [0.1, 0.15) is 10.4 Å². The van der Waals surface area contributed by atoms with Crippen molar-refractivity contribution in [3.8, 4) is 0 Å². The molecule has 1 saturated heterocycles. The maximum atomic E-state index is 12.6. The second kappa shape index (κ2) is 9.82. The third-order valence-electron chi connectivity index (χ3n) is 4.30. The van der Waals surface area contributed by atoms with E-state index in [0.29, 0.717) is 10.9 Å². The number of aliphatic hydroxyl groups is 1. The molecule has 7 heteroatoms. The van der Waals surface area contributed by atoms with Gasteiger partial charge in [-0.25, -0.2) is 0 Å². The van der Waals surface area contributed by atoms with E-state index in [0.717, 1.165) is 4.46 Å². The van der Waals surface area contributed by atoms with E-state index in [2.05, 4.69) is 15.9 Å². The van der Waals surface area contributed by atoms with Crippen LogP contribution < -0.4 is 4.46 Å². The molecule has 3 rings (SSSR count). The summed E-state index contributed by atoms with van der Waals surface area (Å²) < 4.78 is 18.4. The number of aliphatic hydroxyl groups excluding tert-OH is 1. The average Bonchev–Trinajstić information content (AvgIpc) is 2.71. The first-order valence-corrected chi connectivity index (χ1v) is 11.5. The number of alkyl halides is 1. The van der Waals surface area contributed by atoms with Crippen LogP contribution in [0.4, 0.5) is 0 Å². The van der Waals surface area contributed by atoms with E-state index < -0.39 is 30.6 Å². The maximum absolute atomic E-state index is 12.6. The standard InChI is InChI=1S/C20H21BrO5Se/c1-24-17-16(26-19(22)13-8-4-2-5-9-13)15(12-21)25-20(23)18(17)27-14-10-6-3-7-11-14/h2-11,15-18,20,23H,12H2,1H3/t15?,16-,17?,18?,20+/m1/s1. The Hall–Kier alpha value is -1.21. The van der Waals surface area contributed by atoms with Crippen molar-refractivity contribution in [2.24, 2.45) is 0 Å². The van der Waals surface area contributed by atoms with Gasteiger partial charge in [0.1, 0.15) is 0 Å². The number of rotatable bonds is 6. The predicted molar refractivity (Wildman–Crippen MR) is 107 cm³/mol. The van der Waals surface area contributed by atoms with Crippen LogP contribution in [0, 0.1) is 0 Å². The minimum atomic E-state index is -0.982. The second-order valence-electron chi connectivity index (χ2n) is 6.05. The molecule has 1 aliphatic heterocycles. The molecule has 1 aliphatic rings. The zero-order valence-electron chi connectivity index (χ0n) is 14.7. The summed E-state index contributed by atoms with van der Waals surface area (Å²) in [4.78, 5) is 12.3. The van der Waals surface area contributed by atoms with Gasteiger partial charge in [0, 0.05) is 0 Å². The fourth-order valence-electron chi connectivity index (χ4n) is 2.98. The molecule has 1 heterocycles. The first-order chi connectivity index (χ1) is 13.1. The first-order valence-electron chi connectivity index (χ1n) is 8.54. The van der Waals surface area contributed by atoms with E-state index in [1.54, 1.807) is 31.4 Å². The Balaban J connectivity index is 1.81. The van der Waals surface area contributed by atoms with Crippen molar-refractivity contribution in [2.75, 3.05) is 12.4 Å². The molecular formula is C20H21BrO5Se. The molecule has 0 radical (unpaired) electrons. The third kappa shape index (κ3) is 4.99. The molecule has 0 amide bonds. The Morgan fingerprint density at radius 3 is 2.33 bits per heavy atom. The summed E-state index contributed by atoms with van der Waals surface area (Å²) in [5.41, 5.74) is 0.469. The molecule has 144 valence electrons. The number of benzene rings is 2. The molecule has 0 aliphatic carbocycles. The van der Waals surface area contributed by atoms with Crippen LogP contribution in [-0.4, -0.2) is 63.1 Å². The zero-order valence-corrected chi connectivity index (χ0v) is 18.0. The molecule has 0 aromatic heterocycles. The SMILES string of the molecule is COC1C([Se]c2ccccc2)[C@@H](O)OC(CBr)[C@H]1OC(=O)c1ccccc1. The Morgan fingerprint density at radius 1 is 1.11 bits per heavy atom. The Bertz CT molecular complexity index is 730. The molecule has 2 aromatic carbocycles. The molecule has 27 heavy (non-hydrogen) atoms. The number of esters is 1. The second-order valence-corrected chi connectivity index (χ2v) is 9.32. The van der Waals surface area contributed by atoms with E-state index in [9.17, 15) is 9.90 Å². The van der Waals surface area contributed by atoms with Crippen molar-refractivity contribution in [1.29, 1.82) is 0 Å². The van der Waals surface area contributed by atoms with Gasteiger partial charge < -0.3 is 0 Å². The molecule has 1 fully saturated rings. The molecule has 0 bridgehead atoms. The van der Waals surface area contributed by atoms with Gasteiger partial charge in [0.2, 0.25) is 0 Å². The molecule has 5 nitrogen and oxygen atoms in total. The quantitative estimate of drug-likeness (QED) is 0.375. The van der Waals surface area contributed by atoms with Crippen molar-refractivity contribution in [3.63, 3.8) is 0 Å². The van der Waals surface area contributed by atoms with E-state index in [1.165, 1.54) is 0 Å². The number of halogens is 1. The normalized spacial score (nSPS) is 27.9. The number of carbonyl (C=O) groups excluding carboxylic acids is 1. The van der Waals surface area contributed by atoms with Crippen molar-refractivity contribution in [1.82, 2.24) is 0 Å². The summed E-state index contributed by atoms with van der Waals surface area (Å²) in [7, 11) is 1.57. The van der Waals surface area contributed by atoms with Gasteiger partial charge in [-0.05, 0) is 0 Å². The molecule has 5 atom stereocenters. The number of ether oxygens (including phenoxy) is 3. The number of methoxy groups -OCH3 is 1. The van der Waals surface area contributed by atoms with Gasteiger partial charge in [-0.15, -0.1) is 0 Å². The van der Waals surface area contributed by atoms with Gasteiger partial charge in [0.15, 0.2) is 0 Å². The Morgan fingerprint density at radius 2 is 1.74 bits per heavy atom. The summed E-state index contributed by atoms with van der Waals surface area (Å²) in [6, 6.07) is 18.7. The fraction of sp³-hybridized carbons (Fsp3) is 0.350. The first kappa shape index (κ1) is 20.5. The molecule has 0 spiro atoms. The monoisotopic (exact) mass is 500 g/mol. The van der Waals surface area contributed by atoms with Gasteiger partial charge in [0.05, 0.1) is 0 Å². The van der Waals surface area contributed by atoms with Crippen molar-refractivity contribution in [3.05, 3.63) is 66.2 Å². The summed E-state index contributed by atoms with van der Waals surface area (Å²) >= 11 is 3.28. The Kier molecular flexibility index (Phi) is 7.47. The molecule has 3 unspecified atom stereocenters. The van der Waals surface area contributed by atoms with Gasteiger partial charge in [0.25, 0.3) is 0 Å². The Labute approximate surface area is 173 Å². The summed E-state index contributed by atoms with van der Waals surface area (Å²) in [5.74, 6) is -0.431. The zero-order chi connectivity index (χ0) is 19.2. The van der Waals surface area contributed by atoms with Crippen LogP contribution in [0.2, 0.25) is 4.82 Å². The molecule has 2 aromatic rings. The predicted octanol–water partition coefficient (Wildman–Crippen LogP) is 2.16. The summed E-state index contributed by atoms with van der Waals surface area (Å²) in [6.45, 7) is 0. The van der Waals surface area contributed by atoms with E-state index >= 15 is 0 Å². The van der Waals surface area contributed by atoms with E-state index in [1.807, 2.05) is 36.4 Å². The summed E-state index contributed by atoms with van der Waals surface area (Å²) in [5, 5.41) is 11.0. The van der Waals surface area contributed by atoms with Crippen LogP contribution >= 0.6 is 15.9 Å². The summed E-state index contributed by atoms with van der Waals surface area (Å²) in [6.07, 6.45) is -2.57. The van der Waals surface area contributed by atoms with Crippen molar-refractivity contribution < 1.29 is 24.1 Å². The van der Waals surface area contributed by atoms with Crippen LogP contribution in [-0.2, 0) is 14.2 Å². The van der Waals surface area contributed by atoms with Gasteiger partial charge in [-0.1, -0.05) is 0 Å². The number of hydrogen-bond acceptors (Lipinski definition) is 5. The molecular weight excluding hydrogens is 479 g/mol. The minimum absolute atomic E-state index is 0.115. The van der Waals surface area contributed by atoms with Gasteiger partial charge >= 0.3 is 174 Å². The van der Waals surface area contributed by atoms with Crippen molar-refractivity contribution in [2.45, 2.75) is 29.4 Å². The number of hydrogen-bond donors (Lipinski definition) is 1. The van der Waals surface area contributed by atoms with Crippen LogP contribution in [0.5, 0.6) is 0 Å². The van der Waals surface area contributed by atoms with Crippen LogP contribution in [0.25, 0.3) is 0 Å². The van der Waals surface area contributed by atoms with E-state index in [4.69, 9.17) is 14.2 Å². The average molecular weight is 500 g/mol. The van der Waals surface area contributed by atoms with Crippen LogP contribution in [0.15, 0.2) is 60.7 Å². The number of carbonyl (C=O) groups is 1. The molecule has 1 N–H and O–H groups in total.